The van der Waals surface area contributed by atoms with Gasteiger partial charge in [-0.3, -0.25) is 0 Å². The smallest absolute Gasteiger partial charge is 0.227 e. The van der Waals surface area contributed by atoms with Crippen LogP contribution < -0.4 is 9.80 Å². The van der Waals surface area contributed by atoms with Gasteiger partial charge in [0.1, 0.15) is 5.82 Å². The molecule has 0 N–H and O–H groups in total. The molecular weight excluding hydrogens is 290 g/mol. The average molecular weight is 313 g/mol. The first-order valence-corrected chi connectivity index (χ1v) is 8.82. The van der Waals surface area contributed by atoms with Crippen molar-refractivity contribution in [2.75, 3.05) is 50.3 Å². The average Bonchev–Trinajstić information content (AvgIpc) is 2.45. The number of hydrogen-bond donors (Lipinski definition) is 0. The van der Waals surface area contributed by atoms with E-state index in [-0.39, 0.29) is 6.04 Å². The van der Waals surface area contributed by atoms with Gasteiger partial charge >= 0.3 is 0 Å². The molecule has 1 aromatic heterocycles. The minimum atomic E-state index is -3.17. The SMILES string of the molecule is CN(C)c1ccnc(N2CCCC(N(C)S(C)(=O)=O)C2)n1. The zero-order valence-corrected chi connectivity index (χ0v) is 13.8. The van der Waals surface area contributed by atoms with Crippen molar-refractivity contribution in [1.82, 2.24) is 14.3 Å². The fraction of sp³-hybridized carbons (Fsp3) is 0.692. The summed E-state index contributed by atoms with van der Waals surface area (Å²) in [5, 5.41) is 0. The molecule has 1 atom stereocenters. The van der Waals surface area contributed by atoms with Gasteiger partial charge in [0.2, 0.25) is 16.0 Å². The lowest BCUT2D eigenvalue weighted by Crippen LogP contribution is -2.48. The van der Waals surface area contributed by atoms with Crippen LogP contribution >= 0.6 is 0 Å². The van der Waals surface area contributed by atoms with Crippen molar-refractivity contribution in [3.63, 3.8) is 0 Å². The standard InChI is InChI=1S/C13H23N5O2S/c1-16(2)12-7-8-14-13(15-12)18-9-5-6-11(10-18)17(3)21(4,19)20/h7-8,11H,5-6,9-10H2,1-4H3. The maximum Gasteiger partial charge on any atom is 0.227 e. The van der Waals surface area contributed by atoms with Crippen molar-refractivity contribution in [2.24, 2.45) is 0 Å². The van der Waals surface area contributed by atoms with Crippen molar-refractivity contribution in [3.8, 4) is 0 Å². The van der Waals surface area contributed by atoms with E-state index in [0.717, 1.165) is 25.2 Å². The van der Waals surface area contributed by atoms with E-state index in [1.807, 2.05) is 25.1 Å². The lowest BCUT2D eigenvalue weighted by molar-refractivity contribution is 0.320. The van der Waals surface area contributed by atoms with E-state index in [4.69, 9.17) is 0 Å². The molecule has 0 spiro atoms. The second-order valence-corrected chi connectivity index (χ2v) is 7.67. The molecule has 1 unspecified atom stereocenters. The number of rotatable bonds is 4. The number of piperidine rings is 1. The number of hydrogen-bond acceptors (Lipinski definition) is 6. The molecule has 21 heavy (non-hydrogen) atoms. The van der Waals surface area contributed by atoms with E-state index < -0.39 is 10.0 Å². The first kappa shape index (κ1) is 16.0. The molecule has 1 aliphatic rings. The van der Waals surface area contributed by atoms with E-state index in [1.165, 1.54) is 10.6 Å². The number of aromatic nitrogens is 2. The lowest BCUT2D eigenvalue weighted by atomic mass is 10.1. The van der Waals surface area contributed by atoms with Gasteiger partial charge in [-0.2, -0.15) is 4.98 Å². The van der Waals surface area contributed by atoms with Crippen molar-refractivity contribution in [3.05, 3.63) is 12.3 Å². The third-order valence-corrected chi connectivity index (χ3v) is 5.15. The molecule has 1 fully saturated rings. The minimum Gasteiger partial charge on any atom is -0.363 e. The molecule has 0 aromatic carbocycles. The van der Waals surface area contributed by atoms with Gasteiger partial charge < -0.3 is 9.80 Å². The molecular formula is C13H23N5O2S. The Morgan fingerprint density at radius 1 is 1.33 bits per heavy atom. The minimum absolute atomic E-state index is 0.0274. The van der Waals surface area contributed by atoms with Gasteiger partial charge in [-0.15, -0.1) is 0 Å². The Hall–Kier alpha value is -1.41. The molecule has 1 saturated heterocycles. The predicted molar refractivity (Wildman–Crippen MR) is 84.2 cm³/mol. The summed E-state index contributed by atoms with van der Waals surface area (Å²) in [5.41, 5.74) is 0. The van der Waals surface area contributed by atoms with Gasteiger partial charge in [-0.25, -0.2) is 17.7 Å². The van der Waals surface area contributed by atoms with Gasteiger partial charge in [0, 0.05) is 46.5 Å². The molecule has 1 aliphatic heterocycles. The summed E-state index contributed by atoms with van der Waals surface area (Å²) >= 11 is 0. The molecule has 2 rings (SSSR count). The highest BCUT2D eigenvalue weighted by Gasteiger charge is 2.29. The van der Waals surface area contributed by atoms with Crippen molar-refractivity contribution < 1.29 is 8.42 Å². The Bertz CT molecular complexity index is 590. The van der Waals surface area contributed by atoms with Gasteiger partial charge in [0.05, 0.1) is 6.26 Å². The van der Waals surface area contributed by atoms with Crippen LogP contribution in [-0.2, 0) is 10.0 Å². The molecule has 8 heteroatoms. The van der Waals surface area contributed by atoms with Gasteiger partial charge in [0.15, 0.2) is 0 Å². The van der Waals surface area contributed by atoms with Crippen LogP contribution in [0.25, 0.3) is 0 Å². The largest absolute Gasteiger partial charge is 0.363 e. The first-order valence-electron chi connectivity index (χ1n) is 6.97. The highest BCUT2D eigenvalue weighted by molar-refractivity contribution is 7.88. The van der Waals surface area contributed by atoms with Gasteiger partial charge in [-0.1, -0.05) is 0 Å². The Morgan fingerprint density at radius 3 is 2.67 bits per heavy atom. The van der Waals surface area contributed by atoms with Crippen molar-refractivity contribution in [2.45, 2.75) is 18.9 Å². The quantitative estimate of drug-likeness (QED) is 0.801. The zero-order valence-electron chi connectivity index (χ0n) is 13.0. The van der Waals surface area contributed by atoms with E-state index in [9.17, 15) is 8.42 Å². The first-order chi connectivity index (χ1) is 9.79. The molecule has 0 aliphatic carbocycles. The fourth-order valence-corrected chi connectivity index (χ4v) is 3.16. The maximum absolute atomic E-state index is 11.7. The van der Waals surface area contributed by atoms with Crippen LogP contribution in [0, 0.1) is 0 Å². The Morgan fingerprint density at radius 2 is 2.05 bits per heavy atom. The monoisotopic (exact) mass is 313 g/mol. The molecule has 0 saturated carbocycles. The topological polar surface area (TPSA) is 69.6 Å². The number of likely N-dealkylation sites (N-methyl/N-ethyl adjacent to an activating group) is 1. The third kappa shape index (κ3) is 3.82. The molecule has 118 valence electrons. The Labute approximate surface area is 126 Å². The highest BCUT2D eigenvalue weighted by atomic mass is 32.2. The van der Waals surface area contributed by atoms with Gasteiger partial charge in [0.25, 0.3) is 0 Å². The van der Waals surface area contributed by atoms with E-state index in [2.05, 4.69) is 14.9 Å². The van der Waals surface area contributed by atoms with Crippen LogP contribution in [-0.4, -0.2) is 69.2 Å². The summed E-state index contributed by atoms with van der Waals surface area (Å²) in [6, 6.07) is 1.83. The zero-order chi connectivity index (χ0) is 15.6. The summed E-state index contributed by atoms with van der Waals surface area (Å²) in [6.45, 7) is 1.48. The van der Waals surface area contributed by atoms with Crippen LogP contribution in [0.2, 0.25) is 0 Å². The summed E-state index contributed by atoms with van der Waals surface area (Å²) in [4.78, 5) is 12.8. The second kappa shape index (κ2) is 6.15. The van der Waals surface area contributed by atoms with Crippen molar-refractivity contribution in [1.29, 1.82) is 0 Å². The van der Waals surface area contributed by atoms with Crippen LogP contribution in [0.4, 0.5) is 11.8 Å². The molecule has 0 bridgehead atoms. The maximum atomic E-state index is 11.7. The Balaban J connectivity index is 2.16. The van der Waals surface area contributed by atoms with Crippen molar-refractivity contribution >= 4 is 21.8 Å². The van der Waals surface area contributed by atoms with E-state index >= 15 is 0 Å². The molecule has 2 heterocycles. The summed E-state index contributed by atoms with van der Waals surface area (Å²) in [5.74, 6) is 1.51. The van der Waals surface area contributed by atoms with E-state index in [0.29, 0.717) is 12.5 Å². The summed E-state index contributed by atoms with van der Waals surface area (Å²) in [7, 11) is 2.33. The predicted octanol–water partition coefficient (Wildman–Crippen LogP) is 0.403. The van der Waals surface area contributed by atoms with Crippen LogP contribution in [0.15, 0.2) is 12.3 Å². The highest BCUT2D eigenvalue weighted by Crippen LogP contribution is 2.21. The third-order valence-electron chi connectivity index (χ3n) is 3.80. The molecule has 1 aromatic rings. The van der Waals surface area contributed by atoms with Crippen LogP contribution in [0.5, 0.6) is 0 Å². The number of anilines is 2. The van der Waals surface area contributed by atoms with E-state index in [1.54, 1.807) is 13.2 Å². The summed E-state index contributed by atoms with van der Waals surface area (Å²) < 4.78 is 24.8. The molecule has 7 nitrogen and oxygen atoms in total. The van der Waals surface area contributed by atoms with Gasteiger partial charge in [-0.05, 0) is 18.9 Å². The number of sulfonamides is 1. The second-order valence-electron chi connectivity index (χ2n) is 5.63. The van der Waals surface area contributed by atoms with Crippen LogP contribution in [0.3, 0.4) is 0 Å². The lowest BCUT2D eigenvalue weighted by Gasteiger charge is -2.36. The molecule has 0 amide bonds. The van der Waals surface area contributed by atoms with Crippen LogP contribution in [0.1, 0.15) is 12.8 Å². The normalized spacial score (nSPS) is 19.9. The molecule has 0 radical (unpaired) electrons. The fourth-order valence-electron chi connectivity index (χ4n) is 2.44. The summed E-state index contributed by atoms with van der Waals surface area (Å²) in [6.07, 6.45) is 4.78. The Kier molecular flexibility index (Phi) is 4.67. The number of nitrogens with zero attached hydrogens (tertiary/aromatic N) is 5.